The number of likely N-dealkylation sites (tertiary alicyclic amines) is 1. The number of amides is 2. The van der Waals surface area contributed by atoms with Crippen LogP contribution >= 0.6 is 0 Å². The predicted octanol–water partition coefficient (Wildman–Crippen LogP) is 3.29. The fourth-order valence-electron chi connectivity index (χ4n) is 5.53. The average Bonchev–Trinajstić information content (AvgIpc) is 2.65. The summed E-state index contributed by atoms with van der Waals surface area (Å²) in [6.45, 7) is 15.7. The first-order valence-electron chi connectivity index (χ1n) is 11.5. The van der Waals surface area contributed by atoms with Gasteiger partial charge in [-0.15, -0.1) is 0 Å². The number of nitrogens with zero attached hydrogens (tertiary/aromatic N) is 1. The van der Waals surface area contributed by atoms with Crippen LogP contribution in [0.5, 0.6) is 0 Å². The highest BCUT2D eigenvalue weighted by molar-refractivity contribution is 6.48. The molecule has 8 heteroatoms. The molecule has 3 rings (SSSR count). The number of carboxylic acid groups (broad SMARTS) is 1. The predicted molar refractivity (Wildman–Crippen MR) is 127 cm³/mol. The van der Waals surface area contributed by atoms with Gasteiger partial charge in [-0.3, -0.25) is 19.3 Å². The van der Waals surface area contributed by atoms with Crippen molar-refractivity contribution >= 4 is 32.6 Å². The van der Waals surface area contributed by atoms with Crippen molar-refractivity contribution in [1.29, 1.82) is 0 Å². The molecule has 4 atom stereocenters. The summed E-state index contributed by atoms with van der Waals surface area (Å²) in [5.74, 6) is -5.12. The molecule has 180 valence electrons. The molecular weight excluding hydrogens is 438 g/mol. The number of hydrogen-bond acceptors (Lipinski definition) is 5. The quantitative estimate of drug-likeness (QED) is 0.409. The number of imide groups is 1. The van der Waals surface area contributed by atoms with E-state index in [9.17, 15) is 24.3 Å². The summed E-state index contributed by atoms with van der Waals surface area (Å²) in [7, 11) is -1.63. The Balaban J connectivity index is 2.13. The van der Waals surface area contributed by atoms with Crippen LogP contribution < -0.4 is 0 Å². The van der Waals surface area contributed by atoms with Crippen LogP contribution in [0, 0.1) is 31.1 Å². The lowest BCUT2D eigenvalue weighted by molar-refractivity contribution is -0.196. The van der Waals surface area contributed by atoms with E-state index in [1.54, 1.807) is 0 Å². The molecule has 33 heavy (non-hydrogen) atoms. The highest BCUT2D eigenvalue weighted by atomic mass is 28.3. The van der Waals surface area contributed by atoms with Gasteiger partial charge in [0.1, 0.15) is 0 Å². The third kappa shape index (κ3) is 4.08. The SMILES string of the molecule is Cc1cc(C)c2c(c1)C(=O)[C@@H]([C@@H]1[C@@H]([C@@](C)(O[SiH](C)C)C(C)(C)C)C(=O)N1C(=O)C(=O)O)CC2. The number of carboxylic acids is 1. The van der Waals surface area contributed by atoms with Crippen molar-refractivity contribution in [2.45, 2.75) is 79.1 Å². The molecule has 1 aliphatic heterocycles. The second-order valence-electron chi connectivity index (χ2n) is 10.9. The largest absolute Gasteiger partial charge is 0.474 e. The Morgan fingerprint density at radius 3 is 2.24 bits per heavy atom. The Morgan fingerprint density at radius 1 is 1.12 bits per heavy atom. The Bertz CT molecular complexity index is 1030. The van der Waals surface area contributed by atoms with Gasteiger partial charge in [-0.05, 0) is 69.3 Å². The van der Waals surface area contributed by atoms with Crippen LogP contribution in [-0.2, 0) is 25.2 Å². The summed E-state index contributed by atoms with van der Waals surface area (Å²) in [5.41, 5.74) is 2.18. The summed E-state index contributed by atoms with van der Waals surface area (Å²) in [4.78, 5) is 52.0. The molecule has 2 aliphatic rings. The second-order valence-corrected chi connectivity index (χ2v) is 13.3. The smallest absolute Gasteiger partial charge is 0.395 e. The minimum atomic E-state index is -1.70. The van der Waals surface area contributed by atoms with Crippen molar-refractivity contribution in [2.24, 2.45) is 17.3 Å². The number of Topliss-reactive ketones (excluding diaryl/α,β-unsaturated/α-hetero) is 1. The van der Waals surface area contributed by atoms with E-state index in [-0.39, 0.29) is 5.78 Å². The summed E-state index contributed by atoms with van der Waals surface area (Å²) in [5, 5.41) is 9.39. The Hall–Kier alpha value is -2.32. The number of benzene rings is 1. The van der Waals surface area contributed by atoms with E-state index in [0.717, 1.165) is 21.6 Å². The Morgan fingerprint density at radius 2 is 1.73 bits per heavy atom. The Kier molecular flexibility index (Phi) is 6.49. The number of aliphatic carboxylic acids is 1. The van der Waals surface area contributed by atoms with Crippen molar-refractivity contribution < 1.29 is 28.7 Å². The molecule has 0 bridgehead atoms. The van der Waals surface area contributed by atoms with Crippen molar-refractivity contribution in [2.75, 3.05) is 0 Å². The maximum atomic E-state index is 13.7. The van der Waals surface area contributed by atoms with Gasteiger partial charge in [0.2, 0.25) is 5.91 Å². The van der Waals surface area contributed by atoms with Gasteiger partial charge < -0.3 is 9.53 Å². The molecule has 0 aromatic heterocycles. The molecule has 1 fully saturated rings. The zero-order valence-electron chi connectivity index (χ0n) is 20.8. The Labute approximate surface area is 197 Å². The molecule has 1 heterocycles. The van der Waals surface area contributed by atoms with E-state index in [0.29, 0.717) is 18.4 Å². The molecular formula is C25H35NO6Si. The monoisotopic (exact) mass is 473 g/mol. The lowest BCUT2D eigenvalue weighted by Gasteiger charge is -2.59. The van der Waals surface area contributed by atoms with Gasteiger partial charge >= 0.3 is 11.9 Å². The minimum Gasteiger partial charge on any atom is -0.474 e. The molecule has 0 spiro atoms. The summed E-state index contributed by atoms with van der Waals surface area (Å²) >= 11 is 0. The van der Waals surface area contributed by atoms with Crippen LogP contribution in [0.3, 0.4) is 0 Å². The lowest BCUT2D eigenvalue weighted by atomic mass is 9.59. The van der Waals surface area contributed by atoms with Gasteiger partial charge in [-0.2, -0.15) is 0 Å². The molecule has 7 nitrogen and oxygen atoms in total. The third-order valence-electron chi connectivity index (χ3n) is 7.45. The van der Waals surface area contributed by atoms with Crippen molar-refractivity contribution in [3.8, 4) is 0 Å². The van der Waals surface area contributed by atoms with Crippen LogP contribution in [0.4, 0.5) is 0 Å². The molecule has 0 saturated carbocycles. The van der Waals surface area contributed by atoms with E-state index < -0.39 is 55.7 Å². The normalized spacial score (nSPS) is 24.9. The number of hydrogen-bond donors (Lipinski definition) is 1. The number of β-lactam (4-membered cyclic amide) rings is 1. The molecule has 1 aromatic rings. The van der Waals surface area contributed by atoms with Gasteiger partial charge in [0.15, 0.2) is 14.8 Å². The van der Waals surface area contributed by atoms with E-state index >= 15 is 0 Å². The van der Waals surface area contributed by atoms with E-state index in [2.05, 4.69) is 0 Å². The van der Waals surface area contributed by atoms with Crippen LogP contribution in [0.1, 0.15) is 61.2 Å². The second kappa shape index (κ2) is 8.47. The highest BCUT2D eigenvalue weighted by Crippen LogP contribution is 2.51. The molecule has 1 aliphatic carbocycles. The van der Waals surface area contributed by atoms with Crippen LogP contribution in [0.15, 0.2) is 12.1 Å². The summed E-state index contributed by atoms with van der Waals surface area (Å²) < 4.78 is 6.45. The average molecular weight is 474 g/mol. The molecule has 0 radical (unpaired) electrons. The number of carbonyl (C=O) groups excluding carboxylic acids is 3. The molecule has 2 amide bonds. The standard InChI is InChI=1S/C25H35NO6Si/c1-13-11-14(2)15-9-10-16(20(27)17(15)12-13)19-18(21(28)26(19)22(29)23(30)31)25(6,24(3,4)5)32-33(7)8/h11-12,16,18-19,33H,9-10H2,1-8H3,(H,30,31)/t16-,18-,19-,25-/m1/s1. The first-order valence-corrected chi connectivity index (χ1v) is 14.3. The first kappa shape index (κ1) is 25.3. The highest BCUT2D eigenvalue weighted by Gasteiger charge is 2.66. The van der Waals surface area contributed by atoms with E-state index in [1.807, 2.05) is 66.8 Å². The van der Waals surface area contributed by atoms with Crippen molar-refractivity contribution in [3.05, 3.63) is 34.4 Å². The zero-order chi connectivity index (χ0) is 25.0. The number of rotatable bonds is 4. The minimum absolute atomic E-state index is 0.133. The van der Waals surface area contributed by atoms with Gasteiger partial charge in [-0.25, -0.2) is 4.79 Å². The van der Waals surface area contributed by atoms with Gasteiger partial charge in [0.05, 0.1) is 17.6 Å². The number of aryl methyl sites for hydroxylation is 2. The van der Waals surface area contributed by atoms with Gasteiger partial charge in [-0.1, -0.05) is 32.4 Å². The fraction of sp³-hybridized carbons (Fsp3) is 0.600. The maximum absolute atomic E-state index is 13.7. The van der Waals surface area contributed by atoms with Crippen LogP contribution in [-0.4, -0.2) is 54.3 Å². The first-order chi connectivity index (χ1) is 15.1. The number of carbonyl (C=O) groups is 4. The van der Waals surface area contributed by atoms with E-state index in [1.165, 1.54) is 0 Å². The lowest BCUT2D eigenvalue weighted by Crippen LogP contribution is -2.76. The third-order valence-corrected chi connectivity index (χ3v) is 8.41. The van der Waals surface area contributed by atoms with Crippen molar-refractivity contribution in [1.82, 2.24) is 4.90 Å². The van der Waals surface area contributed by atoms with E-state index in [4.69, 9.17) is 4.43 Å². The topological polar surface area (TPSA) is 101 Å². The summed E-state index contributed by atoms with van der Waals surface area (Å²) in [6.07, 6.45) is 1.09. The van der Waals surface area contributed by atoms with Crippen LogP contribution in [0.25, 0.3) is 0 Å². The number of fused-ring (bicyclic) bond motifs is 1. The molecule has 1 aromatic carbocycles. The maximum Gasteiger partial charge on any atom is 0.395 e. The molecule has 0 unspecified atom stereocenters. The summed E-state index contributed by atoms with van der Waals surface area (Å²) in [6, 6.07) is 3.05. The van der Waals surface area contributed by atoms with Crippen LogP contribution in [0.2, 0.25) is 13.1 Å². The number of ketones is 1. The van der Waals surface area contributed by atoms with Gasteiger partial charge in [0, 0.05) is 11.5 Å². The molecule has 1 saturated heterocycles. The zero-order valence-corrected chi connectivity index (χ0v) is 22.0. The fourth-order valence-corrected chi connectivity index (χ4v) is 7.01. The van der Waals surface area contributed by atoms with Crippen molar-refractivity contribution in [3.63, 3.8) is 0 Å². The van der Waals surface area contributed by atoms with Gasteiger partial charge in [0.25, 0.3) is 0 Å². The molecule has 1 N–H and O–H groups in total.